The first-order chi connectivity index (χ1) is 7.59. The molecular formula is C11H15BrN2O2. The Bertz CT molecular complexity index is 356. The average Bonchev–Trinajstić information content (AvgIpc) is 2.24. The van der Waals surface area contributed by atoms with Crippen LogP contribution in [0.3, 0.4) is 0 Å². The van der Waals surface area contributed by atoms with E-state index in [4.69, 9.17) is 5.11 Å². The molecule has 0 spiro atoms. The zero-order valence-electron chi connectivity index (χ0n) is 9.11. The van der Waals surface area contributed by atoms with Gasteiger partial charge >= 0.3 is 0 Å². The Kier molecular flexibility index (Phi) is 5.42. The first kappa shape index (κ1) is 13.1. The van der Waals surface area contributed by atoms with Crippen molar-refractivity contribution in [1.29, 1.82) is 0 Å². The van der Waals surface area contributed by atoms with E-state index in [2.05, 4.69) is 26.2 Å². The number of hydrogen-bond acceptors (Lipinski definition) is 3. The van der Waals surface area contributed by atoms with Gasteiger partial charge in [-0.1, -0.05) is 6.07 Å². The molecule has 0 saturated carbocycles. The topological polar surface area (TPSA) is 62.2 Å². The van der Waals surface area contributed by atoms with Crippen molar-refractivity contribution in [2.45, 2.75) is 25.9 Å². The summed E-state index contributed by atoms with van der Waals surface area (Å²) >= 11 is 3.21. The van der Waals surface area contributed by atoms with Crippen LogP contribution >= 0.6 is 15.9 Å². The van der Waals surface area contributed by atoms with E-state index in [1.54, 1.807) is 25.1 Å². The molecule has 0 aliphatic heterocycles. The molecule has 88 valence electrons. The lowest BCUT2D eigenvalue weighted by Crippen LogP contribution is -2.25. The maximum absolute atomic E-state index is 11.6. The molecule has 1 aromatic heterocycles. The van der Waals surface area contributed by atoms with Crippen molar-refractivity contribution in [1.82, 2.24) is 10.3 Å². The third kappa shape index (κ3) is 4.72. The standard InChI is InChI=1S/C11H15BrN2O2/c1-8(15)4-3-7-13-11(16)9-5-2-6-10(12)14-9/h2,5-6,8,15H,3-4,7H2,1H3,(H,13,16). The van der Waals surface area contributed by atoms with Crippen LogP contribution in [0, 0.1) is 0 Å². The number of aliphatic hydroxyl groups is 1. The summed E-state index contributed by atoms with van der Waals surface area (Å²) in [7, 11) is 0. The molecule has 1 amide bonds. The molecule has 0 fully saturated rings. The van der Waals surface area contributed by atoms with Gasteiger partial charge in [0.15, 0.2) is 0 Å². The number of nitrogens with one attached hydrogen (secondary N) is 1. The molecule has 5 heteroatoms. The highest BCUT2D eigenvalue weighted by Gasteiger charge is 2.06. The molecule has 1 unspecified atom stereocenters. The van der Waals surface area contributed by atoms with Crippen LogP contribution in [0.4, 0.5) is 0 Å². The Hall–Kier alpha value is -0.940. The van der Waals surface area contributed by atoms with Gasteiger partial charge in [-0.2, -0.15) is 0 Å². The first-order valence-electron chi connectivity index (χ1n) is 5.18. The second-order valence-electron chi connectivity index (χ2n) is 3.59. The van der Waals surface area contributed by atoms with Crippen molar-refractivity contribution in [2.24, 2.45) is 0 Å². The van der Waals surface area contributed by atoms with Crippen LogP contribution in [0.15, 0.2) is 22.8 Å². The van der Waals surface area contributed by atoms with E-state index in [0.29, 0.717) is 23.3 Å². The molecule has 1 atom stereocenters. The molecule has 16 heavy (non-hydrogen) atoms. The fraction of sp³-hybridized carbons (Fsp3) is 0.455. The lowest BCUT2D eigenvalue weighted by molar-refractivity contribution is 0.0944. The summed E-state index contributed by atoms with van der Waals surface area (Å²) in [5.74, 6) is -0.188. The van der Waals surface area contributed by atoms with Gasteiger partial charge in [-0.15, -0.1) is 0 Å². The minimum Gasteiger partial charge on any atom is -0.393 e. The van der Waals surface area contributed by atoms with Gasteiger partial charge in [-0.3, -0.25) is 4.79 Å². The van der Waals surface area contributed by atoms with Gasteiger partial charge in [0.1, 0.15) is 10.3 Å². The van der Waals surface area contributed by atoms with Crippen molar-refractivity contribution in [3.05, 3.63) is 28.5 Å². The zero-order chi connectivity index (χ0) is 12.0. The fourth-order valence-electron chi connectivity index (χ4n) is 1.22. The summed E-state index contributed by atoms with van der Waals surface area (Å²) in [6, 6.07) is 5.20. The van der Waals surface area contributed by atoms with Crippen molar-refractivity contribution in [2.75, 3.05) is 6.54 Å². The SMILES string of the molecule is CC(O)CCCNC(=O)c1cccc(Br)n1. The Morgan fingerprint density at radius 1 is 1.62 bits per heavy atom. The fourth-order valence-corrected chi connectivity index (χ4v) is 1.57. The van der Waals surface area contributed by atoms with Crippen LogP contribution < -0.4 is 5.32 Å². The molecule has 0 saturated heterocycles. The van der Waals surface area contributed by atoms with Gasteiger partial charge in [0, 0.05) is 6.54 Å². The molecule has 0 radical (unpaired) electrons. The number of halogens is 1. The number of hydrogen-bond donors (Lipinski definition) is 2. The third-order valence-electron chi connectivity index (χ3n) is 2.03. The largest absolute Gasteiger partial charge is 0.393 e. The maximum Gasteiger partial charge on any atom is 0.269 e. The number of aromatic nitrogens is 1. The van der Waals surface area contributed by atoms with Gasteiger partial charge in [-0.25, -0.2) is 4.98 Å². The van der Waals surface area contributed by atoms with Gasteiger partial charge in [0.05, 0.1) is 6.10 Å². The average molecular weight is 287 g/mol. The number of aliphatic hydroxyl groups excluding tert-OH is 1. The summed E-state index contributed by atoms with van der Waals surface area (Å²) in [6.45, 7) is 2.29. The minimum absolute atomic E-state index is 0.188. The second kappa shape index (κ2) is 6.60. The van der Waals surface area contributed by atoms with E-state index < -0.39 is 0 Å². The lowest BCUT2D eigenvalue weighted by Gasteiger charge is -2.06. The summed E-state index contributed by atoms with van der Waals surface area (Å²) in [4.78, 5) is 15.6. The highest BCUT2D eigenvalue weighted by atomic mass is 79.9. The van der Waals surface area contributed by atoms with Crippen LogP contribution in [-0.2, 0) is 0 Å². The van der Waals surface area contributed by atoms with Gasteiger partial charge in [-0.05, 0) is 47.8 Å². The zero-order valence-corrected chi connectivity index (χ0v) is 10.7. The molecule has 0 bridgehead atoms. The monoisotopic (exact) mass is 286 g/mol. The summed E-state index contributed by atoms with van der Waals surface area (Å²) in [6.07, 6.45) is 1.13. The number of pyridine rings is 1. The molecule has 1 aromatic rings. The predicted octanol–water partition coefficient (Wildman–Crippen LogP) is 1.73. The van der Waals surface area contributed by atoms with Gasteiger partial charge in [0.2, 0.25) is 0 Å². The van der Waals surface area contributed by atoms with E-state index >= 15 is 0 Å². The lowest BCUT2D eigenvalue weighted by atomic mass is 10.2. The molecule has 0 aromatic carbocycles. The van der Waals surface area contributed by atoms with Crippen LogP contribution in [0.25, 0.3) is 0 Å². The third-order valence-corrected chi connectivity index (χ3v) is 2.47. The summed E-state index contributed by atoms with van der Waals surface area (Å²) in [5.41, 5.74) is 0.395. The Labute approximate surface area is 103 Å². The normalized spacial score (nSPS) is 12.2. The van der Waals surface area contributed by atoms with Crippen LogP contribution in [0.5, 0.6) is 0 Å². The van der Waals surface area contributed by atoms with E-state index in [9.17, 15) is 4.79 Å². The van der Waals surface area contributed by atoms with Crippen LogP contribution in [0.1, 0.15) is 30.3 Å². The van der Waals surface area contributed by atoms with E-state index in [0.717, 1.165) is 6.42 Å². The van der Waals surface area contributed by atoms with Crippen molar-refractivity contribution < 1.29 is 9.90 Å². The van der Waals surface area contributed by atoms with Gasteiger partial charge < -0.3 is 10.4 Å². The number of nitrogens with zero attached hydrogens (tertiary/aromatic N) is 1. The number of amides is 1. The smallest absolute Gasteiger partial charge is 0.269 e. The number of carbonyl (C=O) groups is 1. The minimum atomic E-state index is -0.319. The second-order valence-corrected chi connectivity index (χ2v) is 4.41. The van der Waals surface area contributed by atoms with Crippen molar-refractivity contribution in [3.8, 4) is 0 Å². The summed E-state index contributed by atoms with van der Waals surface area (Å²) in [5, 5.41) is 11.8. The summed E-state index contributed by atoms with van der Waals surface area (Å²) < 4.78 is 0.643. The molecule has 1 heterocycles. The quantitative estimate of drug-likeness (QED) is 0.640. The van der Waals surface area contributed by atoms with E-state index in [-0.39, 0.29) is 12.0 Å². The number of carbonyl (C=O) groups excluding carboxylic acids is 1. The highest BCUT2D eigenvalue weighted by Crippen LogP contribution is 2.06. The van der Waals surface area contributed by atoms with E-state index in [1.165, 1.54) is 0 Å². The molecule has 0 aliphatic rings. The van der Waals surface area contributed by atoms with Crippen LogP contribution in [-0.4, -0.2) is 28.6 Å². The Morgan fingerprint density at radius 2 is 2.38 bits per heavy atom. The molecule has 4 nitrogen and oxygen atoms in total. The van der Waals surface area contributed by atoms with Crippen LogP contribution in [0.2, 0.25) is 0 Å². The molecule has 2 N–H and O–H groups in total. The molecule has 0 aliphatic carbocycles. The highest BCUT2D eigenvalue weighted by molar-refractivity contribution is 9.10. The number of rotatable bonds is 5. The van der Waals surface area contributed by atoms with E-state index in [1.807, 2.05) is 0 Å². The van der Waals surface area contributed by atoms with Crippen molar-refractivity contribution in [3.63, 3.8) is 0 Å². The molecular weight excluding hydrogens is 272 g/mol. The first-order valence-corrected chi connectivity index (χ1v) is 5.97. The van der Waals surface area contributed by atoms with Crippen molar-refractivity contribution >= 4 is 21.8 Å². The Balaban J connectivity index is 2.35. The maximum atomic E-state index is 11.6. The predicted molar refractivity (Wildman–Crippen MR) is 65.2 cm³/mol. The Morgan fingerprint density at radius 3 is 3.00 bits per heavy atom. The van der Waals surface area contributed by atoms with Gasteiger partial charge in [0.25, 0.3) is 5.91 Å². The molecule has 1 rings (SSSR count).